The predicted octanol–water partition coefficient (Wildman–Crippen LogP) is -0.804. The predicted molar refractivity (Wildman–Crippen MR) is 51.7 cm³/mol. The molecule has 0 saturated carbocycles. The molecule has 0 aliphatic carbocycles. The van der Waals surface area contributed by atoms with Crippen LogP contribution in [0.2, 0.25) is 0 Å². The van der Waals surface area contributed by atoms with Crippen LogP contribution >= 0.6 is 0 Å². The van der Waals surface area contributed by atoms with Gasteiger partial charge in [0.2, 0.25) is 5.91 Å². The fourth-order valence-electron chi connectivity index (χ4n) is 0.814. The van der Waals surface area contributed by atoms with Gasteiger partial charge in [0.25, 0.3) is 0 Å². The average Bonchev–Trinajstić information content (AvgIpc) is 2.11. The summed E-state index contributed by atoms with van der Waals surface area (Å²) < 4.78 is 5.06. The maximum atomic E-state index is 11.1. The Kier molecular flexibility index (Phi) is 6.69. The fourth-order valence-corrected chi connectivity index (χ4v) is 0.814. The molecule has 0 rings (SSSR count). The Morgan fingerprint density at radius 1 is 1.50 bits per heavy atom. The van der Waals surface area contributed by atoms with Crippen molar-refractivity contribution < 1.29 is 14.3 Å². The molecule has 6 nitrogen and oxygen atoms in total. The molecule has 0 fully saturated rings. The molecule has 82 valence electrons. The number of ether oxygens (including phenoxy) is 1. The summed E-state index contributed by atoms with van der Waals surface area (Å²) in [6.45, 7) is 5.27. The van der Waals surface area contributed by atoms with Gasteiger partial charge in [0.05, 0.1) is 12.6 Å². The highest BCUT2D eigenvalue weighted by Gasteiger charge is 2.12. The first-order valence-corrected chi connectivity index (χ1v) is 4.49. The maximum Gasteiger partial charge on any atom is 0.318 e. The summed E-state index contributed by atoms with van der Waals surface area (Å²) in [5, 5.41) is 4.86. The van der Waals surface area contributed by atoms with E-state index in [0.29, 0.717) is 19.8 Å². The molecule has 0 bridgehead atoms. The van der Waals surface area contributed by atoms with E-state index < -0.39 is 18.0 Å². The Morgan fingerprint density at radius 3 is 2.64 bits per heavy atom. The Morgan fingerprint density at radius 2 is 2.14 bits per heavy atom. The summed E-state index contributed by atoms with van der Waals surface area (Å²) in [4.78, 5) is 21.4. The number of rotatable bonds is 6. The first-order chi connectivity index (χ1) is 6.57. The zero-order valence-electron chi connectivity index (χ0n) is 8.50. The second-order valence-corrected chi connectivity index (χ2v) is 2.73. The summed E-state index contributed by atoms with van der Waals surface area (Å²) >= 11 is 0. The minimum absolute atomic E-state index is 0.436. The fraction of sp³-hybridized carbons (Fsp3) is 0.750. The number of carbonyl (C=O) groups excluding carboxylic acids is 2. The third kappa shape index (κ3) is 6.38. The van der Waals surface area contributed by atoms with E-state index in [-0.39, 0.29) is 0 Å². The third-order valence-corrected chi connectivity index (χ3v) is 1.54. The second kappa shape index (κ2) is 7.28. The molecule has 0 aliphatic heterocycles. The van der Waals surface area contributed by atoms with Crippen LogP contribution in [-0.2, 0) is 9.53 Å². The van der Waals surface area contributed by atoms with Crippen molar-refractivity contribution in [3.8, 4) is 0 Å². The van der Waals surface area contributed by atoms with Crippen LogP contribution in [-0.4, -0.2) is 37.7 Å². The largest absolute Gasteiger partial charge is 0.380 e. The van der Waals surface area contributed by atoms with Gasteiger partial charge in [-0.05, 0) is 13.8 Å². The van der Waals surface area contributed by atoms with Crippen LogP contribution < -0.4 is 16.4 Å². The van der Waals surface area contributed by atoms with Gasteiger partial charge in [-0.2, -0.15) is 0 Å². The smallest absolute Gasteiger partial charge is 0.318 e. The standard InChI is InChI=1S/C8H17N3O3/c1-3-14-5-4-10-6(2)7(12)11-8(9)13/h6,10H,3-5H2,1-2H3,(H3,9,11,12,13). The van der Waals surface area contributed by atoms with E-state index in [0.717, 1.165) is 0 Å². The molecule has 14 heavy (non-hydrogen) atoms. The van der Waals surface area contributed by atoms with Gasteiger partial charge >= 0.3 is 6.03 Å². The minimum atomic E-state index is -0.839. The van der Waals surface area contributed by atoms with E-state index in [9.17, 15) is 9.59 Å². The van der Waals surface area contributed by atoms with Gasteiger partial charge in [0, 0.05) is 13.2 Å². The number of imide groups is 1. The molecule has 1 unspecified atom stereocenters. The SMILES string of the molecule is CCOCCNC(C)C(=O)NC(N)=O. The van der Waals surface area contributed by atoms with Gasteiger partial charge in [0.1, 0.15) is 0 Å². The lowest BCUT2D eigenvalue weighted by Crippen LogP contribution is -2.47. The summed E-state index contributed by atoms with van der Waals surface area (Å²) in [6, 6.07) is -1.29. The number of amides is 3. The van der Waals surface area contributed by atoms with Gasteiger partial charge in [-0.1, -0.05) is 0 Å². The van der Waals surface area contributed by atoms with Gasteiger partial charge in [-0.3, -0.25) is 10.1 Å². The highest BCUT2D eigenvalue weighted by Crippen LogP contribution is 1.81. The quantitative estimate of drug-likeness (QED) is 0.492. The van der Waals surface area contributed by atoms with Crippen LogP contribution in [0.25, 0.3) is 0 Å². The normalized spacial score (nSPS) is 12.1. The zero-order valence-corrected chi connectivity index (χ0v) is 8.50. The highest BCUT2D eigenvalue weighted by atomic mass is 16.5. The van der Waals surface area contributed by atoms with E-state index in [4.69, 9.17) is 10.5 Å². The molecule has 0 saturated heterocycles. The van der Waals surface area contributed by atoms with Crippen molar-refractivity contribution in [2.24, 2.45) is 5.73 Å². The molecule has 0 aliphatic rings. The van der Waals surface area contributed by atoms with Gasteiger partial charge < -0.3 is 15.8 Å². The van der Waals surface area contributed by atoms with E-state index >= 15 is 0 Å². The van der Waals surface area contributed by atoms with E-state index in [1.165, 1.54) is 0 Å². The number of nitrogens with two attached hydrogens (primary N) is 1. The van der Waals surface area contributed by atoms with Crippen LogP contribution in [0, 0.1) is 0 Å². The molecule has 0 aromatic heterocycles. The van der Waals surface area contributed by atoms with Gasteiger partial charge in [0.15, 0.2) is 0 Å². The molecule has 0 heterocycles. The summed E-state index contributed by atoms with van der Waals surface area (Å²) in [7, 11) is 0. The first-order valence-electron chi connectivity index (χ1n) is 4.49. The van der Waals surface area contributed by atoms with Crippen LogP contribution in [0.15, 0.2) is 0 Å². The summed E-state index contributed by atoms with van der Waals surface area (Å²) in [5.41, 5.74) is 4.78. The first kappa shape index (κ1) is 12.9. The topological polar surface area (TPSA) is 93.4 Å². The Bertz CT molecular complexity index is 196. The van der Waals surface area contributed by atoms with Crippen molar-refractivity contribution in [2.75, 3.05) is 19.8 Å². The number of urea groups is 1. The van der Waals surface area contributed by atoms with Crippen LogP contribution in [0.5, 0.6) is 0 Å². The van der Waals surface area contributed by atoms with Crippen LogP contribution in [0.3, 0.4) is 0 Å². The average molecular weight is 203 g/mol. The molecule has 0 aromatic carbocycles. The maximum absolute atomic E-state index is 11.1. The molecule has 3 amide bonds. The van der Waals surface area contributed by atoms with Crippen LogP contribution in [0.4, 0.5) is 4.79 Å². The van der Waals surface area contributed by atoms with Gasteiger partial charge in [-0.15, -0.1) is 0 Å². The molecular weight excluding hydrogens is 186 g/mol. The Labute approximate surface area is 83.2 Å². The lowest BCUT2D eigenvalue weighted by Gasteiger charge is -2.11. The van der Waals surface area contributed by atoms with Crippen molar-refractivity contribution in [3.05, 3.63) is 0 Å². The van der Waals surface area contributed by atoms with Crippen molar-refractivity contribution in [3.63, 3.8) is 0 Å². The van der Waals surface area contributed by atoms with Crippen molar-refractivity contribution >= 4 is 11.9 Å². The number of carbonyl (C=O) groups is 2. The highest BCUT2D eigenvalue weighted by molar-refractivity contribution is 5.96. The lowest BCUT2D eigenvalue weighted by molar-refractivity contribution is -0.121. The molecule has 4 N–H and O–H groups in total. The second-order valence-electron chi connectivity index (χ2n) is 2.73. The van der Waals surface area contributed by atoms with E-state index in [1.54, 1.807) is 6.92 Å². The van der Waals surface area contributed by atoms with Crippen molar-refractivity contribution in [1.82, 2.24) is 10.6 Å². The molecule has 0 aromatic rings. The summed E-state index contributed by atoms with van der Waals surface area (Å²) in [5.74, 6) is -0.436. The third-order valence-electron chi connectivity index (χ3n) is 1.54. The van der Waals surface area contributed by atoms with E-state index in [2.05, 4.69) is 5.32 Å². The monoisotopic (exact) mass is 203 g/mol. The molecule has 1 atom stereocenters. The van der Waals surface area contributed by atoms with Crippen molar-refractivity contribution in [2.45, 2.75) is 19.9 Å². The minimum Gasteiger partial charge on any atom is -0.380 e. The summed E-state index contributed by atoms with van der Waals surface area (Å²) in [6.07, 6.45) is 0. The van der Waals surface area contributed by atoms with Crippen molar-refractivity contribution in [1.29, 1.82) is 0 Å². The van der Waals surface area contributed by atoms with Gasteiger partial charge in [-0.25, -0.2) is 4.79 Å². The van der Waals surface area contributed by atoms with E-state index in [1.807, 2.05) is 12.2 Å². The number of hydrogen-bond donors (Lipinski definition) is 3. The number of hydrogen-bond acceptors (Lipinski definition) is 4. The Balaban J connectivity index is 3.57. The lowest BCUT2D eigenvalue weighted by atomic mass is 10.3. The molecular formula is C8H17N3O3. The Hall–Kier alpha value is -1.14. The molecule has 6 heteroatoms. The molecule has 0 spiro atoms. The van der Waals surface area contributed by atoms with Crippen LogP contribution in [0.1, 0.15) is 13.8 Å². The zero-order chi connectivity index (χ0) is 11.0. The number of primary amides is 1. The molecule has 0 radical (unpaired) electrons. The number of nitrogens with one attached hydrogen (secondary N) is 2.